The van der Waals surface area contributed by atoms with Crippen LogP contribution < -0.4 is 4.90 Å². The molecule has 11 aromatic rings. The van der Waals surface area contributed by atoms with Crippen LogP contribution in [0.15, 0.2) is 231 Å². The Balaban J connectivity index is 1.20. The van der Waals surface area contributed by atoms with E-state index in [0.29, 0.717) is 0 Å². The van der Waals surface area contributed by atoms with Gasteiger partial charge in [0.15, 0.2) is 0 Å². The molecule has 0 aliphatic carbocycles. The summed E-state index contributed by atoms with van der Waals surface area (Å²) in [6.07, 6.45) is 0. The van der Waals surface area contributed by atoms with Gasteiger partial charge in [0.1, 0.15) is 0 Å². The van der Waals surface area contributed by atoms with Crippen molar-refractivity contribution in [3.8, 4) is 39.1 Å². The quantitative estimate of drug-likeness (QED) is 0.158. The molecule has 2 nitrogen and oxygen atoms in total. The van der Waals surface area contributed by atoms with Crippen molar-refractivity contribution >= 4 is 60.4 Å². The summed E-state index contributed by atoms with van der Waals surface area (Å²) in [5.41, 5.74) is 13.9. The van der Waals surface area contributed by atoms with Crippen molar-refractivity contribution < 1.29 is 0 Å². The lowest BCUT2D eigenvalue weighted by Gasteiger charge is -2.29. The third-order valence-electron chi connectivity index (χ3n) is 11.5. The van der Waals surface area contributed by atoms with E-state index in [1.54, 1.807) is 0 Å². The Labute approximate surface area is 338 Å². The van der Waals surface area contributed by atoms with Gasteiger partial charge in [-0.3, -0.25) is 0 Å². The topological polar surface area (TPSA) is 8.17 Å². The SMILES string of the molecule is c1ccc(-c2ccccc2-n2c3ccccc3c3ccc(N(c4ccccc4)c4cccc(-c5ccc6ccccc6c5)c4-c4ccc5ccccc5c4)cc32)cc1. The molecule has 0 unspecified atom stereocenters. The molecule has 10 aromatic carbocycles. The molecule has 0 bridgehead atoms. The summed E-state index contributed by atoms with van der Waals surface area (Å²) in [5.74, 6) is 0. The zero-order valence-corrected chi connectivity index (χ0v) is 31.8. The first-order valence-electron chi connectivity index (χ1n) is 19.9. The number of anilines is 3. The van der Waals surface area contributed by atoms with E-state index in [9.17, 15) is 0 Å². The van der Waals surface area contributed by atoms with Crippen LogP contribution in [0.3, 0.4) is 0 Å². The molecule has 1 heterocycles. The third kappa shape index (κ3) is 5.74. The average Bonchev–Trinajstić information content (AvgIpc) is 3.63. The second-order valence-electron chi connectivity index (χ2n) is 14.9. The van der Waals surface area contributed by atoms with Crippen LogP contribution in [0.4, 0.5) is 17.1 Å². The largest absolute Gasteiger partial charge is 0.310 e. The lowest BCUT2D eigenvalue weighted by Crippen LogP contribution is -2.12. The summed E-state index contributed by atoms with van der Waals surface area (Å²) in [6.45, 7) is 0. The van der Waals surface area contributed by atoms with Gasteiger partial charge < -0.3 is 9.47 Å². The van der Waals surface area contributed by atoms with Gasteiger partial charge in [0.2, 0.25) is 0 Å². The number of hydrogen-bond donors (Lipinski definition) is 0. The minimum atomic E-state index is 1.08. The van der Waals surface area contributed by atoms with Gasteiger partial charge in [0, 0.05) is 33.3 Å². The minimum absolute atomic E-state index is 1.08. The van der Waals surface area contributed by atoms with Crippen molar-refractivity contribution in [3.05, 3.63) is 231 Å². The lowest BCUT2D eigenvalue weighted by atomic mass is 9.90. The fourth-order valence-electron chi connectivity index (χ4n) is 8.86. The Kier molecular flexibility index (Phi) is 8.19. The van der Waals surface area contributed by atoms with Crippen LogP contribution in [-0.2, 0) is 0 Å². The first-order valence-corrected chi connectivity index (χ1v) is 19.9. The van der Waals surface area contributed by atoms with Gasteiger partial charge in [-0.05, 0) is 98.4 Å². The molecular formula is C56H38N2. The minimum Gasteiger partial charge on any atom is -0.310 e. The van der Waals surface area contributed by atoms with Crippen LogP contribution in [0.25, 0.3) is 82.4 Å². The number of hydrogen-bond acceptors (Lipinski definition) is 1. The Morgan fingerprint density at radius 1 is 0.310 bits per heavy atom. The van der Waals surface area contributed by atoms with E-state index in [2.05, 4.69) is 240 Å². The molecule has 2 heteroatoms. The molecule has 0 saturated carbocycles. The molecule has 0 N–H and O–H groups in total. The summed E-state index contributed by atoms with van der Waals surface area (Å²) >= 11 is 0. The lowest BCUT2D eigenvalue weighted by molar-refractivity contribution is 1.18. The fourth-order valence-corrected chi connectivity index (χ4v) is 8.86. The number of benzene rings is 10. The smallest absolute Gasteiger partial charge is 0.0562 e. The highest BCUT2D eigenvalue weighted by Gasteiger charge is 2.23. The highest BCUT2D eigenvalue weighted by atomic mass is 15.1. The van der Waals surface area contributed by atoms with Crippen molar-refractivity contribution in [2.75, 3.05) is 4.90 Å². The highest BCUT2D eigenvalue weighted by Crippen LogP contribution is 2.47. The van der Waals surface area contributed by atoms with Crippen LogP contribution in [0.1, 0.15) is 0 Å². The van der Waals surface area contributed by atoms with Gasteiger partial charge in [0.25, 0.3) is 0 Å². The zero-order valence-electron chi connectivity index (χ0n) is 31.8. The van der Waals surface area contributed by atoms with Gasteiger partial charge in [-0.2, -0.15) is 0 Å². The normalized spacial score (nSPS) is 11.4. The van der Waals surface area contributed by atoms with E-state index in [-0.39, 0.29) is 0 Å². The molecule has 0 atom stereocenters. The molecule has 272 valence electrons. The molecule has 0 saturated heterocycles. The van der Waals surface area contributed by atoms with Crippen molar-refractivity contribution in [3.63, 3.8) is 0 Å². The van der Waals surface area contributed by atoms with E-state index in [1.165, 1.54) is 71.2 Å². The standard InChI is InChI=1S/C56H38N2/c1-3-18-41(19-4-1)48-24-11-13-27-52(48)58-53-28-14-12-25-50(53)51-35-34-47(38-55(51)58)57(46-22-5-2-6-23-46)54-29-15-26-49(44-32-30-39-16-7-9-20-42(39)36-44)56(54)45-33-31-40-17-8-10-21-43(40)37-45/h1-38H. The average molecular weight is 739 g/mol. The highest BCUT2D eigenvalue weighted by molar-refractivity contribution is 6.11. The van der Waals surface area contributed by atoms with E-state index < -0.39 is 0 Å². The molecule has 0 amide bonds. The first-order chi connectivity index (χ1) is 28.8. The predicted molar refractivity (Wildman–Crippen MR) is 247 cm³/mol. The molecule has 1 aromatic heterocycles. The number of fused-ring (bicyclic) bond motifs is 5. The van der Waals surface area contributed by atoms with E-state index in [1.807, 2.05) is 0 Å². The number of para-hydroxylation sites is 3. The van der Waals surface area contributed by atoms with E-state index in [0.717, 1.165) is 28.3 Å². The summed E-state index contributed by atoms with van der Waals surface area (Å²) in [5, 5.41) is 7.35. The van der Waals surface area contributed by atoms with Crippen LogP contribution in [0.2, 0.25) is 0 Å². The Hall–Kier alpha value is -7.68. The van der Waals surface area contributed by atoms with Crippen LogP contribution in [-0.4, -0.2) is 4.57 Å². The summed E-state index contributed by atoms with van der Waals surface area (Å²) < 4.78 is 2.45. The molecule has 0 spiro atoms. The van der Waals surface area contributed by atoms with Crippen molar-refractivity contribution in [2.45, 2.75) is 0 Å². The monoisotopic (exact) mass is 738 g/mol. The summed E-state index contributed by atoms with van der Waals surface area (Å²) in [7, 11) is 0. The van der Waals surface area contributed by atoms with Crippen molar-refractivity contribution in [1.82, 2.24) is 4.57 Å². The molecular weight excluding hydrogens is 701 g/mol. The molecule has 0 aliphatic heterocycles. The van der Waals surface area contributed by atoms with Gasteiger partial charge in [0.05, 0.1) is 22.4 Å². The molecule has 0 aliphatic rings. The summed E-state index contributed by atoms with van der Waals surface area (Å²) in [6, 6.07) is 83.9. The van der Waals surface area contributed by atoms with Gasteiger partial charge >= 0.3 is 0 Å². The van der Waals surface area contributed by atoms with Gasteiger partial charge in [-0.15, -0.1) is 0 Å². The maximum absolute atomic E-state index is 2.45. The Morgan fingerprint density at radius 3 is 1.67 bits per heavy atom. The van der Waals surface area contributed by atoms with Crippen LogP contribution in [0, 0.1) is 0 Å². The molecule has 58 heavy (non-hydrogen) atoms. The fraction of sp³-hybridized carbons (Fsp3) is 0. The zero-order chi connectivity index (χ0) is 38.4. The van der Waals surface area contributed by atoms with Crippen LogP contribution in [0.5, 0.6) is 0 Å². The summed E-state index contributed by atoms with van der Waals surface area (Å²) in [4.78, 5) is 2.44. The van der Waals surface area contributed by atoms with Gasteiger partial charge in [-0.1, -0.05) is 176 Å². The third-order valence-corrected chi connectivity index (χ3v) is 11.5. The number of nitrogens with zero attached hydrogens (tertiary/aromatic N) is 2. The van der Waals surface area contributed by atoms with Crippen molar-refractivity contribution in [1.29, 1.82) is 0 Å². The molecule has 0 fully saturated rings. The maximum Gasteiger partial charge on any atom is 0.0562 e. The molecule has 11 rings (SSSR count). The number of aromatic nitrogens is 1. The maximum atomic E-state index is 2.45. The van der Waals surface area contributed by atoms with Crippen LogP contribution >= 0.6 is 0 Å². The Morgan fingerprint density at radius 2 is 0.897 bits per heavy atom. The Bertz CT molecular complexity index is 3290. The van der Waals surface area contributed by atoms with E-state index in [4.69, 9.17) is 0 Å². The van der Waals surface area contributed by atoms with Crippen molar-refractivity contribution in [2.24, 2.45) is 0 Å². The molecule has 0 radical (unpaired) electrons. The second-order valence-corrected chi connectivity index (χ2v) is 14.9. The predicted octanol–water partition coefficient (Wildman–Crippen LogP) is 15.6. The van der Waals surface area contributed by atoms with E-state index >= 15 is 0 Å². The first kappa shape index (κ1) is 33.6. The second kappa shape index (κ2) is 14.1. The van der Waals surface area contributed by atoms with Gasteiger partial charge in [-0.25, -0.2) is 0 Å². The number of rotatable bonds is 7.